The molecule has 0 radical (unpaired) electrons. The molecule has 8 nitrogen and oxygen atoms in total. The van der Waals surface area contributed by atoms with Crippen LogP contribution in [-0.2, 0) is 40.1 Å². The molecule has 5 aromatic rings. The largest absolute Gasteiger partial charge is 0.363 e. The smallest absolute Gasteiger partial charge is 0.247 e. The van der Waals surface area contributed by atoms with Crippen molar-refractivity contribution in [2.24, 2.45) is 0 Å². The second-order valence-electron chi connectivity index (χ2n) is 14.4. The Kier molecular flexibility index (Phi) is 9.37. The highest BCUT2D eigenvalue weighted by Crippen LogP contribution is 2.39. The molecule has 8 heteroatoms. The number of hydrogen-bond donors (Lipinski definition) is 3. The fraction of sp³-hybridized carbons (Fsp3) is 0.295. The summed E-state index contributed by atoms with van der Waals surface area (Å²) in [7, 11) is 0. The summed E-state index contributed by atoms with van der Waals surface area (Å²) in [6.07, 6.45) is 7.07. The van der Waals surface area contributed by atoms with Crippen LogP contribution in [0.25, 0.3) is 22.2 Å². The number of nitrogens with zero attached hydrogens (tertiary/aromatic N) is 2. The van der Waals surface area contributed by atoms with E-state index >= 15 is 0 Å². The molecule has 4 aromatic carbocycles. The Balaban J connectivity index is 0.958. The van der Waals surface area contributed by atoms with Gasteiger partial charge < -0.3 is 25.4 Å². The maximum Gasteiger partial charge on any atom is 0.247 e. The van der Waals surface area contributed by atoms with Crippen molar-refractivity contribution in [2.75, 3.05) is 23.7 Å². The number of carbonyl (C=O) groups is 3. The number of aromatic amines is 1. The second-order valence-corrected chi connectivity index (χ2v) is 14.4. The molecule has 2 fully saturated rings. The van der Waals surface area contributed by atoms with E-state index in [1.165, 1.54) is 16.7 Å². The zero-order valence-electron chi connectivity index (χ0n) is 29.5. The number of H-pyrrole nitrogens is 1. The first kappa shape index (κ1) is 33.5. The van der Waals surface area contributed by atoms with Crippen LogP contribution < -0.4 is 10.6 Å². The predicted molar refractivity (Wildman–Crippen MR) is 207 cm³/mol. The lowest BCUT2D eigenvalue weighted by molar-refractivity contribution is -0.136. The first-order valence-corrected chi connectivity index (χ1v) is 18.6. The first-order chi connectivity index (χ1) is 25.4. The van der Waals surface area contributed by atoms with Gasteiger partial charge in [-0.05, 0) is 97.5 Å². The molecule has 8 rings (SSSR count). The third-order valence-electron chi connectivity index (χ3n) is 11.0. The van der Waals surface area contributed by atoms with Gasteiger partial charge in [-0.15, -0.1) is 0 Å². The molecule has 52 heavy (non-hydrogen) atoms. The lowest BCUT2D eigenvalue weighted by Crippen LogP contribution is -2.43. The Bertz CT molecular complexity index is 2140. The fourth-order valence-electron chi connectivity index (χ4n) is 8.40. The zero-order valence-corrected chi connectivity index (χ0v) is 29.5. The highest BCUT2D eigenvalue weighted by Gasteiger charge is 2.34. The third-order valence-corrected chi connectivity index (χ3v) is 11.0. The van der Waals surface area contributed by atoms with E-state index in [0.29, 0.717) is 19.4 Å². The maximum atomic E-state index is 13.6. The van der Waals surface area contributed by atoms with Gasteiger partial charge in [0.2, 0.25) is 17.7 Å². The monoisotopic (exact) mass is 691 g/mol. The van der Waals surface area contributed by atoms with Crippen molar-refractivity contribution in [1.82, 2.24) is 14.8 Å². The summed E-state index contributed by atoms with van der Waals surface area (Å²) in [5.74, 6) is -0.134. The van der Waals surface area contributed by atoms with Crippen LogP contribution in [0.2, 0.25) is 0 Å². The second kappa shape index (κ2) is 14.5. The van der Waals surface area contributed by atoms with Crippen molar-refractivity contribution in [3.05, 3.63) is 132 Å². The van der Waals surface area contributed by atoms with Gasteiger partial charge in [0.15, 0.2) is 0 Å². The molecule has 3 aliphatic rings. The SMILES string of the molecule is C=C(Cc1ccccc1)N1CCC[C@H]1C(=O)Nc1ccc2c(c1)CCCc1c-2[nH]c2ccc(NC(=O)[C@@H]3CCCN3C(=O)Cc3ccccc3)cc12. The molecule has 2 atom stereocenters. The molecule has 0 unspecified atom stereocenters. The minimum absolute atomic E-state index is 0.0121. The molecular weight excluding hydrogens is 647 g/mol. The van der Waals surface area contributed by atoms with E-state index in [1.807, 2.05) is 66.7 Å². The van der Waals surface area contributed by atoms with E-state index in [1.54, 1.807) is 4.90 Å². The van der Waals surface area contributed by atoms with Crippen LogP contribution in [0.5, 0.6) is 0 Å². The molecule has 1 aromatic heterocycles. The summed E-state index contributed by atoms with van der Waals surface area (Å²) < 4.78 is 0. The van der Waals surface area contributed by atoms with Crippen LogP contribution in [0.3, 0.4) is 0 Å². The van der Waals surface area contributed by atoms with Crippen LogP contribution in [0.1, 0.15) is 54.4 Å². The van der Waals surface area contributed by atoms with Crippen molar-refractivity contribution in [2.45, 2.75) is 69.9 Å². The fourth-order valence-corrected chi connectivity index (χ4v) is 8.40. The number of rotatable bonds is 9. The van der Waals surface area contributed by atoms with Gasteiger partial charge in [-0.2, -0.15) is 0 Å². The van der Waals surface area contributed by atoms with Gasteiger partial charge in [0.1, 0.15) is 12.1 Å². The summed E-state index contributed by atoms with van der Waals surface area (Å²) in [6.45, 7) is 5.79. The highest BCUT2D eigenvalue weighted by atomic mass is 16.2. The molecule has 1 aliphatic carbocycles. The number of amides is 3. The van der Waals surface area contributed by atoms with Gasteiger partial charge in [0.25, 0.3) is 0 Å². The topological polar surface area (TPSA) is 97.5 Å². The molecule has 3 N–H and O–H groups in total. The molecule has 0 spiro atoms. The Morgan fingerprint density at radius 1 is 0.692 bits per heavy atom. The molecule has 2 aliphatic heterocycles. The van der Waals surface area contributed by atoms with Gasteiger partial charge in [0, 0.05) is 58.7 Å². The van der Waals surface area contributed by atoms with Crippen LogP contribution >= 0.6 is 0 Å². The van der Waals surface area contributed by atoms with Crippen molar-refractivity contribution < 1.29 is 14.4 Å². The van der Waals surface area contributed by atoms with Crippen molar-refractivity contribution in [3.8, 4) is 11.3 Å². The van der Waals surface area contributed by atoms with Crippen molar-refractivity contribution in [1.29, 1.82) is 0 Å². The van der Waals surface area contributed by atoms with E-state index in [4.69, 9.17) is 0 Å². The quantitative estimate of drug-likeness (QED) is 0.148. The Labute approximate surface area is 304 Å². The molecular formula is C44H45N5O3. The van der Waals surface area contributed by atoms with Gasteiger partial charge in [0.05, 0.1) is 6.42 Å². The predicted octanol–water partition coefficient (Wildman–Crippen LogP) is 7.66. The van der Waals surface area contributed by atoms with Gasteiger partial charge >= 0.3 is 0 Å². The molecule has 3 heterocycles. The Morgan fingerprint density at radius 3 is 2.02 bits per heavy atom. The summed E-state index contributed by atoms with van der Waals surface area (Å²) >= 11 is 0. The summed E-state index contributed by atoms with van der Waals surface area (Å²) in [5, 5.41) is 7.45. The zero-order chi connectivity index (χ0) is 35.6. The van der Waals surface area contributed by atoms with Crippen LogP contribution in [0.4, 0.5) is 11.4 Å². The van der Waals surface area contributed by atoms with Gasteiger partial charge in [-0.25, -0.2) is 0 Å². The highest BCUT2D eigenvalue weighted by molar-refractivity contribution is 6.01. The number of carbonyl (C=O) groups excluding carboxylic acids is 3. The molecule has 2 saturated heterocycles. The van der Waals surface area contributed by atoms with Crippen LogP contribution in [-0.4, -0.2) is 57.7 Å². The number of aryl methyl sites for hydroxylation is 2. The average molecular weight is 692 g/mol. The van der Waals surface area contributed by atoms with Gasteiger partial charge in [-0.3, -0.25) is 14.4 Å². The van der Waals surface area contributed by atoms with E-state index in [-0.39, 0.29) is 23.8 Å². The van der Waals surface area contributed by atoms with Crippen LogP contribution in [0, 0.1) is 0 Å². The summed E-state index contributed by atoms with van der Waals surface area (Å²) in [5.41, 5.74) is 10.4. The maximum absolute atomic E-state index is 13.6. The van der Waals surface area contributed by atoms with E-state index in [2.05, 4.69) is 57.4 Å². The lowest BCUT2D eigenvalue weighted by atomic mass is 10.0. The van der Waals surface area contributed by atoms with Crippen LogP contribution in [0.15, 0.2) is 109 Å². The number of allylic oxidation sites excluding steroid dienone is 1. The van der Waals surface area contributed by atoms with Crippen molar-refractivity contribution in [3.63, 3.8) is 0 Å². The normalized spacial score (nSPS) is 18.1. The molecule has 3 amide bonds. The number of fused-ring (bicyclic) bond motifs is 5. The molecule has 0 bridgehead atoms. The lowest BCUT2D eigenvalue weighted by Gasteiger charge is -2.28. The van der Waals surface area contributed by atoms with E-state index in [9.17, 15) is 14.4 Å². The molecule has 264 valence electrons. The molecule has 0 saturated carbocycles. The third kappa shape index (κ3) is 6.85. The number of nitrogens with one attached hydrogen (secondary N) is 3. The van der Waals surface area contributed by atoms with E-state index < -0.39 is 6.04 Å². The number of aromatic nitrogens is 1. The van der Waals surface area contributed by atoms with Crippen molar-refractivity contribution >= 4 is 40.0 Å². The van der Waals surface area contributed by atoms with E-state index in [0.717, 1.165) is 96.3 Å². The summed E-state index contributed by atoms with van der Waals surface area (Å²) in [6, 6.07) is 31.6. The Morgan fingerprint density at radius 2 is 1.31 bits per heavy atom. The standard InChI is InChI=1S/C44H45N5O3/c1-29(25-30-11-4-2-5-12-30)48-23-9-17-39(48)43(51)45-33-19-21-35-32(27-33)15-8-16-36-37-28-34(20-22-38(37)47-42(35)36)46-44(52)40-18-10-24-49(40)41(50)26-31-13-6-3-7-14-31/h2-7,11-14,19-22,27-28,39-40,47H,1,8-10,15-18,23-26H2,(H,45,51)(H,46,52)/t39-,40-/m0/s1. The number of hydrogen-bond acceptors (Lipinski definition) is 4. The summed E-state index contributed by atoms with van der Waals surface area (Å²) in [4.78, 5) is 47.9. The number of likely N-dealkylation sites (tertiary alicyclic amines) is 2. The first-order valence-electron chi connectivity index (χ1n) is 18.6. The minimum atomic E-state index is -0.471. The minimum Gasteiger partial charge on any atom is -0.363 e. The Hall–Kier alpha value is -5.63. The average Bonchev–Trinajstić information content (AvgIpc) is 3.90. The number of anilines is 2. The number of benzene rings is 4. The van der Waals surface area contributed by atoms with Gasteiger partial charge in [-0.1, -0.05) is 73.3 Å².